The number of ether oxygens (including phenoxy) is 1. The molecule has 0 spiro atoms. The molecule has 2 aromatic heterocycles. The van der Waals surface area contributed by atoms with Gasteiger partial charge in [-0.25, -0.2) is 8.42 Å². The minimum Gasteiger partial charge on any atom is -0.497 e. The van der Waals surface area contributed by atoms with E-state index in [0.717, 1.165) is 10.7 Å². The quantitative estimate of drug-likeness (QED) is 0.585. The molecule has 0 atom stereocenters. The number of thiophene rings is 2. The number of benzene rings is 1. The molecule has 9 heteroatoms. The smallest absolute Gasteiger partial charge is 0.264 e. The maximum absolute atomic E-state index is 12.9. The standard InChI is InChI=1S/C19H20N2O4S3/c1-21(28(23,24)16-7-5-14(25-2)6-8-16)17-10-13-27-18(17)19(22)20-11-9-15-4-3-12-26-15/h3-8,10,12-13H,9,11H2,1-2H3,(H,20,22). The van der Waals surface area contributed by atoms with Crippen LogP contribution in [0.4, 0.5) is 5.69 Å². The normalized spacial score (nSPS) is 11.2. The summed E-state index contributed by atoms with van der Waals surface area (Å²) in [5.74, 6) is 0.293. The third kappa shape index (κ3) is 4.37. The molecule has 148 valence electrons. The summed E-state index contributed by atoms with van der Waals surface area (Å²) in [7, 11) is -0.826. The maximum atomic E-state index is 12.9. The molecule has 3 aromatic rings. The van der Waals surface area contributed by atoms with Crippen LogP contribution >= 0.6 is 22.7 Å². The van der Waals surface area contributed by atoms with E-state index in [0.29, 0.717) is 22.9 Å². The van der Waals surface area contributed by atoms with E-state index in [1.54, 1.807) is 34.9 Å². The van der Waals surface area contributed by atoms with Gasteiger partial charge in [0, 0.05) is 18.5 Å². The summed E-state index contributed by atoms with van der Waals surface area (Å²) in [4.78, 5) is 14.3. The van der Waals surface area contributed by atoms with Crippen molar-refractivity contribution < 1.29 is 17.9 Å². The van der Waals surface area contributed by atoms with E-state index in [4.69, 9.17) is 4.74 Å². The van der Waals surface area contributed by atoms with Gasteiger partial charge < -0.3 is 10.1 Å². The fraction of sp³-hybridized carbons (Fsp3) is 0.211. The number of hydrogen-bond donors (Lipinski definition) is 1. The van der Waals surface area contributed by atoms with Crippen LogP contribution in [-0.2, 0) is 16.4 Å². The van der Waals surface area contributed by atoms with Gasteiger partial charge in [0.25, 0.3) is 15.9 Å². The van der Waals surface area contributed by atoms with Crippen LogP contribution in [0.25, 0.3) is 0 Å². The van der Waals surface area contributed by atoms with Gasteiger partial charge in [-0.1, -0.05) is 6.07 Å². The average Bonchev–Trinajstić information content (AvgIpc) is 3.39. The van der Waals surface area contributed by atoms with Crippen molar-refractivity contribution in [1.29, 1.82) is 0 Å². The third-order valence-electron chi connectivity index (χ3n) is 4.14. The van der Waals surface area contributed by atoms with Gasteiger partial charge in [0.05, 0.1) is 17.7 Å². The molecule has 0 bridgehead atoms. The minimum atomic E-state index is -3.79. The third-order valence-corrected chi connectivity index (χ3v) is 7.77. The number of rotatable bonds is 8. The Morgan fingerprint density at radius 3 is 2.50 bits per heavy atom. The van der Waals surface area contributed by atoms with Gasteiger partial charge in [0.1, 0.15) is 10.6 Å². The zero-order valence-corrected chi connectivity index (χ0v) is 17.9. The zero-order chi connectivity index (χ0) is 20.1. The second-order valence-corrected chi connectivity index (χ2v) is 9.79. The second kappa shape index (κ2) is 8.76. The fourth-order valence-electron chi connectivity index (χ4n) is 2.59. The molecule has 0 aliphatic carbocycles. The first-order valence-corrected chi connectivity index (χ1v) is 11.6. The van der Waals surface area contributed by atoms with Crippen molar-refractivity contribution in [2.45, 2.75) is 11.3 Å². The fourth-order valence-corrected chi connectivity index (χ4v) is 5.40. The Bertz CT molecular complexity index is 1030. The van der Waals surface area contributed by atoms with E-state index in [-0.39, 0.29) is 10.8 Å². The molecular formula is C19H20N2O4S3. The summed E-state index contributed by atoms with van der Waals surface area (Å²) < 4.78 is 32.1. The van der Waals surface area contributed by atoms with Crippen molar-refractivity contribution in [3.63, 3.8) is 0 Å². The topological polar surface area (TPSA) is 75.7 Å². The number of sulfonamides is 1. The van der Waals surface area contributed by atoms with Gasteiger partial charge >= 0.3 is 0 Å². The van der Waals surface area contributed by atoms with Crippen molar-refractivity contribution in [2.75, 3.05) is 25.0 Å². The van der Waals surface area contributed by atoms with Crippen LogP contribution in [0.1, 0.15) is 14.5 Å². The molecule has 0 radical (unpaired) electrons. The SMILES string of the molecule is COc1ccc(S(=O)(=O)N(C)c2ccsc2C(=O)NCCc2cccs2)cc1. The lowest BCUT2D eigenvalue weighted by molar-refractivity contribution is 0.0959. The second-order valence-electron chi connectivity index (χ2n) is 5.87. The number of carbonyl (C=O) groups is 1. The van der Waals surface area contributed by atoms with Crippen LogP contribution in [0.2, 0.25) is 0 Å². The Morgan fingerprint density at radius 1 is 1.11 bits per heavy atom. The Morgan fingerprint density at radius 2 is 1.86 bits per heavy atom. The van der Waals surface area contributed by atoms with Gasteiger partial charge in [-0.15, -0.1) is 22.7 Å². The highest BCUT2D eigenvalue weighted by atomic mass is 32.2. The summed E-state index contributed by atoms with van der Waals surface area (Å²) in [5.41, 5.74) is 0.356. The lowest BCUT2D eigenvalue weighted by Gasteiger charge is -2.20. The van der Waals surface area contributed by atoms with Crippen LogP contribution in [0.15, 0.2) is 58.1 Å². The molecule has 0 aliphatic heterocycles. The van der Waals surface area contributed by atoms with E-state index < -0.39 is 10.0 Å². The van der Waals surface area contributed by atoms with Crippen LogP contribution < -0.4 is 14.4 Å². The predicted octanol–water partition coefficient (Wildman–Crippen LogP) is 3.62. The lowest BCUT2D eigenvalue weighted by Crippen LogP contribution is -2.30. The predicted molar refractivity (Wildman–Crippen MR) is 113 cm³/mol. The average molecular weight is 437 g/mol. The highest BCUT2D eigenvalue weighted by molar-refractivity contribution is 7.92. The van der Waals surface area contributed by atoms with E-state index >= 15 is 0 Å². The van der Waals surface area contributed by atoms with Crippen LogP contribution in [0, 0.1) is 0 Å². The molecule has 1 N–H and O–H groups in total. The number of hydrogen-bond acceptors (Lipinski definition) is 6. The lowest BCUT2D eigenvalue weighted by atomic mass is 10.3. The Balaban J connectivity index is 1.74. The maximum Gasteiger partial charge on any atom is 0.264 e. The number of anilines is 1. The van der Waals surface area contributed by atoms with Gasteiger partial charge in [0.15, 0.2) is 0 Å². The van der Waals surface area contributed by atoms with E-state index in [1.807, 2.05) is 17.5 Å². The molecule has 0 aliphatic rings. The number of carbonyl (C=O) groups excluding carboxylic acids is 1. The number of nitrogens with zero attached hydrogens (tertiary/aromatic N) is 1. The molecule has 0 fully saturated rings. The molecule has 1 aromatic carbocycles. The van der Waals surface area contributed by atoms with Gasteiger partial charge in [-0.05, 0) is 53.6 Å². The van der Waals surface area contributed by atoms with Gasteiger partial charge in [0.2, 0.25) is 0 Å². The summed E-state index contributed by atoms with van der Waals surface area (Å²) in [6, 6.07) is 11.8. The van der Waals surface area contributed by atoms with Crippen molar-refractivity contribution in [1.82, 2.24) is 5.32 Å². The first kappa shape index (κ1) is 20.4. The molecular weight excluding hydrogens is 416 g/mol. The first-order chi connectivity index (χ1) is 13.4. The molecule has 2 heterocycles. The summed E-state index contributed by atoms with van der Waals surface area (Å²) in [5, 5.41) is 6.57. The Labute approximate surface area is 172 Å². The molecule has 0 saturated heterocycles. The summed E-state index contributed by atoms with van der Waals surface area (Å²) in [6.45, 7) is 0.492. The largest absolute Gasteiger partial charge is 0.497 e. The highest BCUT2D eigenvalue weighted by Gasteiger charge is 2.26. The number of nitrogens with one attached hydrogen (secondary N) is 1. The highest BCUT2D eigenvalue weighted by Crippen LogP contribution is 2.30. The van der Waals surface area contributed by atoms with Gasteiger partial charge in [-0.3, -0.25) is 9.10 Å². The monoisotopic (exact) mass is 436 g/mol. The van der Waals surface area contributed by atoms with Crippen LogP contribution in [0.5, 0.6) is 5.75 Å². The van der Waals surface area contributed by atoms with E-state index in [2.05, 4.69) is 5.32 Å². The molecule has 3 rings (SSSR count). The van der Waals surface area contributed by atoms with E-state index in [1.165, 1.54) is 42.5 Å². The minimum absolute atomic E-state index is 0.131. The van der Waals surface area contributed by atoms with Crippen molar-refractivity contribution in [3.8, 4) is 5.75 Å². The molecule has 6 nitrogen and oxygen atoms in total. The molecule has 1 amide bonds. The Hall–Kier alpha value is -2.36. The molecule has 0 unspecified atom stereocenters. The first-order valence-electron chi connectivity index (χ1n) is 8.44. The molecule has 28 heavy (non-hydrogen) atoms. The van der Waals surface area contributed by atoms with Crippen LogP contribution in [0.3, 0.4) is 0 Å². The van der Waals surface area contributed by atoms with Crippen molar-refractivity contribution in [2.24, 2.45) is 0 Å². The molecule has 0 saturated carbocycles. The van der Waals surface area contributed by atoms with E-state index in [9.17, 15) is 13.2 Å². The zero-order valence-electron chi connectivity index (χ0n) is 15.4. The summed E-state index contributed by atoms with van der Waals surface area (Å²) in [6.07, 6.45) is 0.740. The summed E-state index contributed by atoms with van der Waals surface area (Å²) >= 11 is 2.85. The van der Waals surface area contributed by atoms with Crippen molar-refractivity contribution in [3.05, 3.63) is 63.0 Å². The Kier molecular flexibility index (Phi) is 6.38. The van der Waals surface area contributed by atoms with Gasteiger partial charge in [-0.2, -0.15) is 0 Å². The number of methoxy groups -OCH3 is 1. The van der Waals surface area contributed by atoms with Crippen molar-refractivity contribution >= 4 is 44.3 Å². The van der Waals surface area contributed by atoms with Crippen LogP contribution in [-0.4, -0.2) is 35.0 Å². The number of amides is 1.